The molecule has 6 rings (SSSR count). The number of nitrogens with zero attached hydrogens (tertiary/aromatic N) is 4. The van der Waals surface area contributed by atoms with Gasteiger partial charge in [-0.1, -0.05) is 12.1 Å². The number of alkyl halides is 3. The van der Waals surface area contributed by atoms with Gasteiger partial charge in [0.2, 0.25) is 0 Å². The van der Waals surface area contributed by atoms with Gasteiger partial charge >= 0.3 is 6.18 Å². The number of aromatic nitrogens is 3. The van der Waals surface area contributed by atoms with Gasteiger partial charge in [0.1, 0.15) is 11.5 Å². The second-order valence-corrected chi connectivity index (χ2v) is 9.19. The van der Waals surface area contributed by atoms with Crippen LogP contribution in [-0.2, 0) is 26.2 Å². The molecule has 0 bridgehead atoms. The first kappa shape index (κ1) is 23.6. The Kier molecular flexibility index (Phi) is 5.76. The lowest BCUT2D eigenvalue weighted by atomic mass is 9.99. The van der Waals surface area contributed by atoms with Gasteiger partial charge in [-0.05, 0) is 66.4 Å². The summed E-state index contributed by atoms with van der Waals surface area (Å²) in [7, 11) is 2.04. The van der Waals surface area contributed by atoms with Gasteiger partial charge in [0.15, 0.2) is 0 Å². The Morgan fingerprint density at radius 1 is 1.03 bits per heavy atom. The summed E-state index contributed by atoms with van der Waals surface area (Å²) in [5.41, 5.74) is 3.63. The number of benzene rings is 1. The fourth-order valence-corrected chi connectivity index (χ4v) is 5.45. The third-order valence-electron chi connectivity index (χ3n) is 7.26. The average molecular weight is 501 g/mol. The van der Waals surface area contributed by atoms with E-state index in [4.69, 9.17) is 4.98 Å². The highest BCUT2D eigenvalue weighted by Gasteiger charge is 2.33. The Morgan fingerprint density at radius 3 is 2.51 bits per heavy atom. The second kappa shape index (κ2) is 8.53. The molecule has 182 valence electrons. The number of fused-ring (bicyclic) bond motifs is 4. The molecule has 0 radical (unpaired) electrons. The zero-order valence-corrected chi connectivity index (χ0v) is 19.9. The number of hydrogen-bond donors (Lipinski definition) is 0. The highest BCUT2D eigenvalue weighted by molar-refractivity contribution is 5.85. The molecule has 2 aliphatic rings. The highest BCUT2D eigenvalue weighted by Crippen LogP contribution is 2.36. The predicted octanol–water partition coefficient (Wildman–Crippen LogP) is 5.35. The standard InChI is InChI=1S/C26H23F3N4O.ClH/c1-31-22-14-19-3-2-11-32(19)15-21(22)20-8-9-23(30-25(20)31)33-12-10-17(13-24(33)34)16-4-6-18(7-5-16)26(27,28)29;/h4-10,12-13,19H,2-3,11,14-15H2,1H3;1H. The molecule has 1 atom stereocenters. The van der Waals surface area contributed by atoms with Crippen molar-refractivity contribution >= 4 is 23.4 Å². The van der Waals surface area contributed by atoms with Crippen molar-refractivity contribution in [3.05, 3.63) is 81.9 Å². The van der Waals surface area contributed by atoms with Gasteiger partial charge in [-0.2, -0.15) is 13.2 Å². The molecule has 0 amide bonds. The lowest BCUT2D eigenvalue weighted by molar-refractivity contribution is -0.137. The summed E-state index contributed by atoms with van der Waals surface area (Å²) >= 11 is 0. The van der Waals surface area contributed by atoms with Crippen LogP contribution in [0.15, 0.2) is 59.5 Å². The van der Waals surface area contributed by atoms with Crippen molar-refractivity contribution in [2.75, 3.05) is 6.54 Å². The van der Waals surface area contributed by atoms with Crippen LogP contribution in [0.4, 0.5) is 13.2 Å². The molecule has 4 aromatic rings. The van der Waals surface area contributed by atoms with E-state index in [1.165, 1.54) is 46.9 Å². The number of rotatable bonds is 2. The van der Waals surface area contributed by atoms with Gasteiger partial charge in [0.25, 0.3) is 5.56 Å². The molecule has 35 heavy (non-hydrogen) atoms. The summed E-state index contributed by atoms with van der Waals surface area (Å²) in [6.07, 6.45) is 0.755. The maximum absolute atomic E-state index is 12.9. The topological polar surface area (TPSA) is 43.1 Å². The monoisotopic (exact) mass is 500 g/mol. The van der Waals surface area contributed by atoms with E-state index in [0.29, 0.717) is 23.0 Å². The Balaban J connectivity index is 0.00000253. The van der Waals surface area contributed by atoms with E-state index in [1.54, 1.807) is 12.3 Å². The van der Waals surface area contributed by atoms with Crippen molar-refractivity contribution < 1.29 is 13.2 Å². The first-order valence-corrected chi connectivity index (χ1v) is 11.4. The van der Waals surface area contributed by atoms with Crippen LogP contribution >= 0.6 is 12.4 Å². The normalized spacial score (nSPS) is 17.8. The largest absolute Gasteiger partial charge is 0.416 e. The molecule has 0 aliphatic carbocycles. The lowest BCUT2D eigenvalue weighted by Gasteiger charge is -2.30. The third kappa shape index (κ3) is 3.94. The number of halogens is 4. The lowest BCUT2D eigenvalue weighted by Crippen LogP contribution is -2.35. The molecule has 3 aromatic heterocycles. The molecular formula is C26H24ClF3N4O. The van der Waals surface area contributed by atoms with E-state index in [1.807, 2.05) is 19.2 Å². The minimum absolute atomic E-state index is 0. The molecule has 0 N–H and O–H groups in total. The molecule has 5 nitrogen and oxygen atoms in total. The predicted molar refractivity (Wildman–Crippen MR) is 131 cm³/mol. The van der Waals surface area contributed by atoms with Crippen molar-refractivity contribution in [3.8, 4) is 16.9 Å². The molecule has 5 heterocycles. The Hall–Kier alpha value is -3.10. The van der Waals surface area contributed by atoms with Crippen LogP contribution in [0.5, 0.6) is 0 Å². The summed E-state index contributed by atoms with van der Waals surface area (Å²) in [5, 5.41) is 1.13. The van der Waals surface area contributed by atoms with E-state index in [2.05, 4.69) is 9.47 Å². The summed E-state index contributed by atoms with van der Waals surface area (Å²) in [6, 6.07) is 12.5. The molecule has 1 aromatic carbocycles. The fourth-order valence-electron chi connectivity index (χ4n) is 5.45. The van der Waals surface area contributed by atoms with Gasteiger partial charge in [-0.3, -0.25) is 14.3 Å². The van der Waals surface area contributed by atoms with Gasteiger partial charge in [-0.15, -0.1) is 12.4 Å². The number of hydrogen-bond acceptors (Lipinski definition) is 3. The number of aryl methyl sites for hydroxylation is 1. The van der Waals surface area contributed by atoms with E-state index >= 15 is 0 Å². The van der Waals surface area contributed by atoms with Crippen molar-refractivity contribution in [1.29, 1.82) is 0 Å². The van der Waals surface area contributed by atoms with Crippen molar-refractivity contribution in [3.63, 3.8) is 0 Å². The summed E-state index contributed by atoms with van der Waals surface area (Å²) < 4.78 is 42.1. The van der Waals surface area contributed by atoms with Gasteiger partial charge in [0.05, 0.1) is 5.56 Å². The van der Waals surface area contributed by atoms with Crippen LogP contribution in [0.3, 0.4) is 0 Å². The van der Waals surface area contributed by atoms with E-state index < -0.39 is 11.7 Å². The van der Waals surface area contributed by atoms with Crippen LogP contribution in [-0.4, -0.2) is 31.6 Å². The summed E-state index contributed by atoms with van der Waals surface area (Å²) in [6.45, 7) is 2.09. The van der Waals surface area contributed by atoms with Crippen LogP contribution in [0.25, 0.3) is 28.0 Å². The van der Waals surface area contributed by atoms with E-state index in [0.717, 1.165) is 42.7 Å². The maximum atomic E-state index is 12.9. The molecule has 1 saturated heterocycles. The maximum Gasteiger partial charge on any atom is 0.416 e. The Bertz CT molecular complexity index is 1470. The number of pyridine rings is 2. The molecule has 9 heteroatoms. The second-order valence-electron chi connectivity index (χ2n) is 9.19. The molecule has 2 aliphatic heterocycles. The highest BCUT2D eigenvalue weighted by atomic mass is 35.5. The molecule has 0 spiro atoms. The summed E-state index contributed by atoms with van der Waals surface area (Å²) in [5.74, 6) is 0.523. The molecular weight excluding hydrogens is 477 g/mol. The minimum Gasteiger partial charge on any atom is -0.332 e. The Labute approximate surface area is 206 Å². The van der Waals surface area contributed by atoms with E-state index in [-0.39, 0.29) is 18.0 Å². The van der Waals surface area contributed by atoms with Crippen LogP contribution < -0.4 is 5.56 Å². The zero-order chi connectivity index (χ0) is 23.6. The van der Waals surface area contributed by atoms with Gasteiger partial charge in [-0.25, -0.2) is 4.98 Å². The molecule has 0 saturated carbocycles. The van der Waals surface area contributed by atoms with Crippen LogP contribution in [0.1, 0.15) is 29.7 Å². The quantitative estimate of drug-likeness (QED) is 0.372. The Morgan fingerprint density at radius 2 is 1.80 bits per heavy atom. The summed E-state index contributed by atoms with van der Waals surface area (Å²) in [4.78, 5) is 20.3. The fraction of sp³-hybridized carbons (Fsp3) is 0.308. The molecule has 1 fully saturated rings. The van der Waals surface area contributed by atoms with Gasteiger partial charge < -0.3 is 4.57 Å². The average Bonchev–Trinajstić information content (AvgIpc) is 3.39. The van der Waals surface area contributed by atoms with Crippen molar-refractivity contribution in [2.45, 2.75) is 38.0 Å². The first-order chi connectivity index (χ1) is 16.3. The SMILES string of the molecule is Cl.Cn1c2c(c3ccc(-n4ccc(-c5ccc(C(F)(F)F)cc5)cc4=O)nc31)CN1CCCC1C2. The van der Waals surface area contributed by atoms with Crippen LogP contribution in [0.2, 0.25) is 0 Å². The van der Waals surface area contributed by atoms with E-state index in [9.17, 15) is 18.0 Å². The van der Waals surface area contributed by atoms with Crippen LogP contribution in [0, 0.1) is 0 Å². The third-order valence-corrected chi connectivity index (χ3v) is 7.26. The van der Waals surface area contributed by atoms with Crippen molar-refractivity contribution in [1.82, 2.24) is 19.0 Å². The smallest absolute Gasteiger partial charge is 0.332 e. The molecule has 1 unspecified atom stereocenters. The van der Waals surface area contributed by atoms with Crippen molar-refractivity contribution in [2.24, 2.45) is 7.05 Å². The minimum atomic E-state index is -4.39. The first-order valence-electron chi connectivity index (χ1n) is 11.4. The zero-order valence-electron chi connectivity index (χ0n) is 19.0. The van der Waals surface area contributed by atoms with Gasteiger partial charge in [0, 0.05) is 49.4 Å².